The van der Waals surface area contributed by atoms with Gasteiger partial charge < -0.3 is 5.11 Å². The van der Waals surface area contributed by atoms with Crippen LogP contribution in [0.2, 0.25) is 0 Å². The van der Waals surface area contributed by atoms with Gasteiger partial charge in [0.2, 0.25) is 11.0 Å². The SMILES string of the molecule is CC1C(=O)N(c2nnc(C(C)(C)C)s2)C(O)C1C. The lowest BCUT2D eigenvalue weighted by molar-refractivity contribution is -0.120. The van der Waals surface area contributed by atoms with Crippen molar-refractivity contribution in [3.05, 3.63) is 5.01 Å². The van der Waals surface area contributed by atoms with E-state index in [1.54, 1.807) is 0 Å². The Morgan fingerprint density at radius 3 is 2.28 bits per heavy atom. The molecule has 0 spiro atoms. The third kappa shape index (κ3) is 2.03. The minimum atomic E-state index is -0.798. The highest BCUT2D eigenvalue weighted by molar-refractivity contribution is 7.15. The van der Waals surface area contributed by atoms with Gasteiger partial charge in [0.1, 0.15) is 11.2 Å². The van der Waals surface area contributed by atoms with Crippen molar-refractivity contribution in [2.24, 2.45) is 11.8 Å². The monoisotopic (exact) mass is 269 g/mol. The summed E-state index contributed by atoms with van der Waals surface area (Å²) in [4.78, 5) is 13.5. The molecule has 6 heteroatoms. The van der Waals surface area contributed by atoms with Crippen LogP contribution in [0.5, 0.6) is 0 Å². The molecule has 5 nitrogen and oxygen atoms in total. The predicted molar refractivity (Wildman–Crippen MR) is 70.4 cm³/mol. The normalized spacial score (nSPS) is 29.1. The Bertz CT molecular complexity index is 466. The van der Waals surface area contributed by atoms with Gasteiger partial charge >= 0.3 is 0 Å². The molecule has 1 aliphatic rings. The first-order chi connectivity index (χ1) is 8.23. The standard InChI is InChI=1S/C12H19N3O2S/c1-6-7(2)9(17)15(8(6)16)11-14-13-10(18-11)12(3,4)5/h6-8,16H,1-5H3. The van der Waals surface area contributed by atoms with E-state index in [0.29, 0.717) is 5.13 Å². The van der Waals surface area contributed by atoms with E-state index < -0.39 is 6.23 Å². The molecule has 1 N–H and O–H groups in total. The van der Waals surface area contributed by atoms with E-state index in [2.05, 4.69) is 10.2 Å². The van der Waals surface area contributed by atoms with E-state index in [1.807, 2.05) is 34.6 Å². The quantitative estimate of drug-likeness (QED) is 0.844. The van der Waals surface area contributed by atoms with Crippen LogP contribution < -0.4 is 4.90 Å². The summed E-state index contributed by atoms with van der Waals surface area (Å²) < 4.78 is 0. The van der Waals surface area contributed by atoms with Crippen molar-refractivity contribution in [3.63, 3.8) is 0 Å². The second kappa shape index (κ2) is 4.28. The molecule has 18 heavy (non-hydrogen) atoms. The first kappa shape index (κ1) is 13.4. The highest BCUT2D eigenvalue weighted by Crippen LogP contribution is 2.37. The number of rotatable bonds is 1. The van der Waals surface area contributed by atoms with Crippen LogP contribution in [0.25, 0.3) is 0 Å². The van der Waals surface area contributed by atoms with Gasteiger partial charge in [0.15, 0.2) is 0 Å². The highest BCUT2D eigenvalue weighted by Gasteiger charge is 2.44. The second-order valence-corrected chi connectivity index (χ2v) is 6.87. The number of carbonyl (C=O) groups is 1. The molecular formula is C12H19N3O2S. The second-order valence-electron chi connectivity index (χ2n) is 5.91. The molecule has 3 unspecified atom stereocenters. The lowest BCUT2D eigenvalue weighted by Gasteiger charge is -2.18. The van der Waals surface area contributed by atoms with Gasteiger partial charge in [-0.1, -0.05) is 46.0 Å². The number of anilines is 1. The van der Waals surface area contributed by atoms with Gasteiger partial charge in [-0.05, 0) is 0 Å². The number of aromatic nitrogens is 2. The van der Waals surface area contributed by atoms with Crippen molar-refractivity contribution in [1.29, 1.82) is 0 Å². The maximum atomic E-state index is 12.1. The topological polar surface area (TPSA) is 66.3 Å². The molecule has 2 rings (SSSR count). The fourth-order valence-corrected chi connectivity index (χ4v) is 2.83. The lowest BCUT2D eigenvalue weighted by atomic mass is 9.98. The van der Waals surface area contributed by atoms with Crippen LogP contribution in [-0.4, -0.2) is 27.4 Å². The van der Waals surface area contributed by atoms with E-state index in [0.717, 1.165) is 5.01 Å². The molecule has 1 amide bonds. The molecule has 1 aromatic heterocycles. The van der Waals surface area contributed by atoms with Crippen LogP contribution in [0.3, 0.4) is 0 Å². The van der Waals surface area contributed by atoms with Gasteiger partial charge in [-0.15, -0.1) is 10.2 Å². The number of nitrogens with zero attached hydrogens (tertiary/aromatic N) is 3. The minimum absolute atomic E-state index is 0.0772. The Morgan fingerprint density at radius 1 is 1.28 bits per heavy atom. The third-order valence-corrected chi connectivity index (χ3v) is 4.76. The third-order valence-electron chi connectivity index (χ3n) is 3.41. The van der Waals surface area contributed by atoms with Crippen molar-refractivity contribution in [2.75, 3.05) is 4.90 Å². The Labute approximate surface area is 111 Å². The van der Waals surface area contributed by atoms with Gasteiger partial charge in [0.25, 0.3) is 0 Å². The lowest BCUT2D eigenvalue weighted by Crippen LogP contribution is -2.34. The van der Waals surface area contributed by atoms with Gasteiger partial charge in [-0.25, -0.2) is 0 Å². The zero-order chi connectivity index (χ0) is 13.7. The molecule has 1 fully saturated rings. The van der Waals surface area contributed by atoms with Gasteiger partial charge in [0, 0.05) is 17.3 Å². The minimum Gasteiger partial charge on any atom is -0.373 e. The molecule has 3 atom stereocenters. The van der Waals surface area contributed by atoms with Crippen LogP contribution >= 0.6 is 11.3 Å². The number of carbonyl (C=O) groups excluding carboxylic acids is 1. The van der Waals surface area contributed by atoms with Crippen LogP contribution in [0.1, 0.15) is 39.6 Å². The van der Waals surface area contributed by atoms with Gasteiger partial charge in [-0.2, -0.15) is 0 Å². The molecule has 0 saturated carbocycles. The number of aliphatic hydroxyl groups excluding tert-OH is 1. The number of amides is 1. The zero-order valence-electron chi connectivity index (χ0n) is 11.3. The zero-order valence-corrected chi connectivity index (χ0v) is 12.2. The van der Waals surface area contributed by atoms with Gasteiger partial charge in [-0.3, -0.25) is 9.69 Å². The summed E-state index contributed by atoms with van der Waals surface area (Å²) >= 11 is 1.37. The molecule has 0 aromatic carbocycles. The Hall–Kier alpha value is -1.01. The van der Waals surface area contributed by atoms with Crippen molar-refractivity contribution < 1.29 is 9.90 Å². The fourth-order valence-electron chi connectivity index (χ4n) is 1.89. The van der Waals surface area contributed by atoms with Crippen molar-refractivity contribution in [3.8, 4) is 0 Å². The van der Waals surface area contributed by atoms with Gasteiger partial charge in [0.05, 0.1) is 0 Å². The summed E-state index contributed by atoms with van der Waals surface area (Å²) in [6.45, 7) is 9.85. The molecule has 0 bridgehead atoms. The molecule has 100 valence electrons. The summed E-state index contributed by atoms with van der Waals surface area (Å²) in [6.07, 6.45) is -0.798. The largest absolute Gasteiger partial charge is 0.373 e. The Morgan fingerprint density at radius 2 is 1.89 bits per heavy atom. The molecular weight excluding hydrogens is 250 g/mol. The number of hydrogen-bond acceptors (Lipinski definition) is 5. The van der Waals surface area contributed by atoms with Crippen molar-refractivity contribution in [2.45, 2.75) is 46.3 Å². The van der Waals surface area contributed by atoms with Crippen LogP contribution in [-0.2, 0) is 10.2 Å². The molecule has 2 heterocycles. The van der Waals surface area contributed by atoms with E-state index in [9.17, 15) is 9.90 Å². The predicted octanol–water partition coefficient (Wildman–Crippen LogP) is 1.77. The summed E-state index contributed by atoms with van der Waals surface area (Å²) in [5.74, 6) is -0.340. The first-order valence-corrected chi connectivity index (χ1v) is 6.90. The Balaban J connectivity index is 2.33. The smallest absolute Gasteiger partial charge is 0.234 e. The van der Waals surface area contributed by atoms with Crippen LogP contribution in [0.4, 0.5) is 5.13 Å². The maximum absolute atomic E-state index is 12.1. The molecule has 1 aromatic rings. The molecule has 0 radical (unpaired) electrons. The molecule has 1 saturated heterocycles. The Kier molecular flexibility index (Phi) is 3.19. The maximum Gasteiger partial charge on any atom is 0.234 e. The van der Waals surface area contributed by atoms with Crippen LogP contribution in [0, 0.1) is 11.8 Å². The molecule has 1 aliphatic heterocycles. The highest BCUT2D eigenvalue weighted by atomic mass is 32.1. The number of aliphatic hydroxyl groups is 1. The summed E-state index contributed by atoms with van der Waals surface area (Å²) in [7, 11) is 0. The fraction of sp³-hybridized carbons (Fsp3) is 0.750. The summed E-state index contributed by atoms with van der Waals surface area (Å²) in [5, 5.41) is 19.6. The number of hydrogen-bond donors (Lipinski definition) is 1. The summed E-state index contributed by atoms with van der Waals surface area (Å²) in [6, 6.07) is 0. The van der Waals surface area contributed by atoms with E-state index in [1.165, 1.54) is 16.2 Å². The average molecular weight is 269 g/mol. The average Bonchev–Trinajstić information content (AvgIpc) is 2.81. The summed E-state index contributed by atoms with van der Waals surface area (Å²) in [5.41, 5.74) is -0.0964. The van der Waals surface area contributed by atoms with Crippen molar-refractivity contribution in [1.82, 2.24) is 10.2 Å². The first-order valence-electron chi connectivity index (χ1n) is 6.08. The molecule has 0 aliphatic carbocycles. The van der Waals surface area contributed by atoms with E-state index in [4.69, 9.17) is 0 Å². The van der Waals surface area contributed by atoms with Crippen LogP contribution in [0.15, 0.2) is 0 Å². The van der Waals surface area contributed by atoms with E-state index >= 15 is 0 Å². The van der Waals surface area contributed by atoms with Crippen molar-refractivity contribution >= 4 is 22.4 Å². The van der Waals surface area contributed by atoms with E-state index in [-0.39, 0.29) is 23.2 Å².